The van der Waals surface area contributed by atoms with Crippen molar-refractivity contribution in [2.24, 2.45) is 11.8 Å². The Labute approximate surface area is 127 Å². The van der Waals surface area contributed by atoms with Gasteiger partial charge in [0.15, 0.2) is 0 Å². The Morgan fingerprint density at radius 3 is 2.75 bits per heavy atom. The molecule has 3 heteroatoms. The summed E-state index contributed by atoms with van der Waals surface area (Å²) in [5.41, 5.74) is 1.64. The van der Waals surface area contributed by atoms with E-state index in [-0.39, 0.29) is 5.41 Å². The smallest absolute Gasteiger partial charge is 0.0587 e. The van der Waals surface area contributed by atoms with Crippen molar-refractivity contribution in [2.75, 3.05) is 26.8 Å². The molecule has 0 spiro atoms. The molecule has 0 aromatic heterocycles. The maximum atomic E-state index is 6.17. The molecule has 0 heterocycles. The lowest BCUT2D eigenvalue weighted by molar-refractivity contribution is 0.0949. The molecule has 1 aromatic rings. The van der Waals surface area contributed by atoms with Crippen LogP contribution in [0.15, 0.2) is 24.3 Å². The van der Waals surface area contributed by atoms with Crippen LogP contribution in [0.1, 0.15) is 32.3 Å². The second-order valence-electron chi connectivity index (χ2n) is 6.37. The zero-order valence-electron chi connectivity index (χ0n) is 12.8. The Morgan fingerprint density at radius 1 is 1.40 bits per heavy atom. The van der Waals surface area contributed by atoms with Crippen LogP contribution >= 0.6 is 11.6 Å². The summed E-state index contributed by atoms with van der Waals surface area (Å²) >= 11 is 6.17. The Morgan fingerprint density at radius 2 is 2.15 bits per heavy atom. The van der Waals surface area contributed by atoms with E-state index in [2.05, 4.69) is 37.4 Å². The lowest BCUT2D eigenvalue weighted by Crippen LogP contribution is -2.50. The lowest BCUT2D eigenvalue weighted by atomic mass is 9.56. The van der Waals surface area contributed by atoms with Crippen molar-refractivity contribution in [2.45, 2.75) is 32.1 Å². The molecule has 20 heavy (non-hydrogen) atoms. The van der Waals surface area contributed by atoms with Crippen molar-refractivity contribution < 1.29 is 4.74 Å². The number of benzene rings is 1. The number of hydrogen-bond donors (Lipinski definition) is 1. The Bertz CT molecular complexity index is 427. The van der Waals surface area contributed by atoms with E-state index in [1.54, 1.807) is 7.11 Å². The largest absolute Gasteiger partial charge is 0.383 e. The average molecular weight is 296 g/mol. The minimum absolute atomic E-state index is 0.258. The summed E-state index contributed by atoms with van der Waals surface area (Å²) in [6, 6.07) is 8.38. The van der Waals surface area contributed by atoms with Crippen LogP contribution in [-0.2, 0) is 10.2 Å². The molecule has 1 aromatic carbocycles. The first kappa shape index (κ1) is 15.8. The molecule has 1 fully saturated rings. The average Bonchev–Trinajstić information content (AvgIpc) is 2.36. The van der Waals surface area contributed by atoms with Gasteiger partial charge in [0.05, 0.1) is 6.61 Å². The first-order valence-electron chi connectivity index (χ1n) is 7.53. The third-order valence-electron chi connectivity index (χ3n) is 4.63. The van der Waals surface area contributed by atoms with Crippen molar-refractivity contribution in [3.05, 3.63) is 34.9 Å². The Balaban J connectivity index is 2.06. The highest BCUT2D eigenvalue weighted by Gasteiger charge is 2.45. The molecule has 2 nitrogen and oxygen atoms in total. The standard InChI is InChI=1S/C17H26ClNO/c1-13(2)14-10-17(11-14,12-19-7-8-20-3)15-5-4-6-16(18)9-15/h4-6,9,13-14,19H,7-8,10-12H2,1-3H3. The zero-order chi connectivity index (χ0) is 14.6. The molecule has 0 atom stereocenters. The predicted octanol–water partition coefficient (Wildman–Crippen LogP) is 3.88. The predicted molar refractivity (Wildman–Crippen MR) is 85.4 cm³/mol. The van der Waals surface area contributed by atoms with Crippen LogP contribution in [0.3, 0.4) is 0 Å². The van der Waals surface area contributed by atoms with E-state index in [9.17, 15) is 0 Å². The number of halogens is 1. The maximum Gasteiger partial charge on any atom is 0.0587 e. The summed E-state index contributed by atoms with van der Waals surface area (Å²) < 4.78 is 5.11. The number of hydrogen-bond acceptors (Lipinski definition) is 2. The summed E-state index contributed by atoms with van der Waals surface area (Å²) in [7, 11) is 1.74. The van der Waals surface area contributed by atoms with Crippen LogP contribution < -0.4 is 5.32 Å². The van der Waals surface area contributed by atoms with Crippen LogP contribution in [0.4, 0.5) is 0 Å². The van der Waals surface area contributed by atoms with Crippen LogP contribution in [0.5, 0.6) is 0 Å². The van der Waals surface area contributed by atoms with E-state index in [1.165, 1.54) is 18.4 Å². The van der Waals surface area contributed by atoms with Crippen molar-refractivity contribution >= 4 is 11.6 Å². The second-order valence-corrected chi connectivity index (χ2v) is 6.81. The number of nitrogens with one attached hydrogen (secondary N) is 1. The van der Waals surface area contributed by atoms with E-state index >= 15 is 0 Å². The topological polar surface area (TPSA) is 21.3 Å². The molecule has 0 saturated heterocycles. The van der Waals surface area contributed by atoms with Crippen LogP contribution in [0, 0.1) is 11.8 Å². The van der Waals surface area contributed by atoms with Crippen LogP contribution in [-0.4, -0.2) is 26.8 Å². The fourth-order valence-corrected chi connectivity index (χ4v) is 3.41. The van der Waals surface area contributed by atoms with E-state index in [0.717, 1.165) is 36.6 Å². The van der Waals surface area contributed by atoms with Crippen molar-refractivity contribution in [1.82, 2.24) is 5.32 Å². The van der Waals surface area contributed by atoms with Crippen molar-refractivity contribution in [3.8, 4) is 0 Å². The number of ether oxygens (including phenoxy) is 1. The van der Waals surface area contributed by atoms with Gasteiger partial charge in [0.2, 0.25) is 0 Å². The van der Waals surface area contributed by atoms with Crippen molar-refractivity contribution in [1.29, 1.82) is 0 Å². The summed E-state index contributed by atoms with van der Waals surface area (Å²) in [5, 5.41) is 4.38. The fourth-order valence-electron chi connectivity index (χ4n) is 3.22. The van der Waals surface area contributed by atoms with Gasteiger partial charge >= 0.3 is 0 Å². The molecule has 112 valence electrons. The van der Waals surface area contributed by atoms with Gasteiger partial charge in [-0.1, -0.05) is 37.6 Å². The highest BCUT2D eigenvalue weighted by atomic mass is 35.5. The minimum atomic E-state index is 0.258. The van der Waals surface area contributed by atoms with Gasteiger partial charge in [0.1, 0.15) is 0 Å². The second kappa shape index (κ2) is 6.93. The van der Waals surface area contributed by atoms with E-state index < -0.39 is 0 Å². The number of methoxy groups -OCH3 is 1. The summed E-state index contributed by atoms with van der Waals surface area (Å²) in [6.07, 6.45) is 2.51. The SMILES string of the molecule is COCCNCC1(c2cccc(Cl)c2)CC(C(C)C)C1. The molecule has 1 aliphatic rings. The first-order chi connectivity index (χ1) is 9.57. The lowest BCUT2D eigenvalue weighted by Gasteiger charge is -2.50. The quantitative estimate of drug-likeness (QED) is 0.771. The molecular formula is C17H26ClNO. The van der Waals surface area contributed by atoms with Gasteiger partial charge in [0, 0.05) is 30.6 Å². The van der Waals surface area contributed by atoms with Crippen LogP contribution in [0.2, 0.25) is 5.02 Å². The monoisotopic (exact) mass is 295 g/mol. The highest BCUT2D eigenvalue weighted by molar-refractivity contribution is 6.30. The van der Waals surface area contributed by atoms with Gasteiger partial charge in [-0.15, -0.1) is 0 Å². The third kappa shape index (κ3) is 3.55. The van der Waals surface area contributed by atoms with E-state index in [0.29, 0.717) is 0 Å². The molecule has 2 rings (SSSR count). The molecular weight excluding hydrogens is 270 g/mol. The van der Waals surface area contributed by atoms with Crippen LogP contribution in [0.25, 0.3) is 0 Å². The molecule has 0 unspecified atom stereocenters. The van der Waals surface area contributed by atoms with Gasteiger partial charge < -0.3 is 10.1 Å². The molecule has 0 radical (unpaired) electrons. The summed E-state index contributed by atoms with van der Waals surface area (Å²) in [4.78, 5) is 0. The maximum absolute atomic E-state index is 6.17. The van der Waals surface area contributed by atoms with Gasteiger partial charge in [0.25, 0.3) is 0 Å². The van der Waals surface area contributed by atoms with Gasteiger partial charge in [-0.2, -0.15) is 0 Å². The third-order valence-corrected chi connectivity index (χ3v) is 4.87. The minimum Gasteiger partial charge on any atom is -0.383 e. The highest BCUT2D eigenvalue weighted by Crippen LogP contribution is 2.50. The van der Waals surface area contributed by atoms with E-state index in [4.69, 9.17) is 16.3 Å². The van der Waals surface area contributed by atoms with Gasteiger partial charge in [-0.3, -0.25) is 0 Å². The molecule has 0 amide bonds. The van der Waals surface area contributed by atoms with E-state index in [1.807, 2.05) is 6.07 Å². The molecule has 0 aliphatic heterocycles. The Hall–Kier alpha value is -0.570. The zero-order valence-corrected chi connectivity index (χ0v) is 13.5. The Kier molecular flexibility index (Phi) is 5.48. The van der Waals surface area contributed by atoms with Crippen molar-refractivity contribution in [3.63, 3.8) is 0 Å². The normalized spacial score (nSPS) is 25.8. The van der Waals surface area contributed by atoms with Gasteiger partial charge in [-0.05, 0) is 42.4 Å². The summed E-state index contributed by atoms with van der Waals surface area (Å²) in [6.45, 7) is 7.33. The molecule has 1 saturated carbocycles. The molecule has 1 N–H and O–H groups in total. The number of rotatable bonds is 7. The molecule has 1 aliphatic carbocycles. The first-order valence-corrected chi connectivity index (χ1v) is 7.91. The summed E-state index contributed by atoms with van der Waals surface area (Å²) in [5.74, 6) is 1.60. The molecule has 0 bridgehead atoms. The fraction of sp³-hybridized carbons (Fsp3) is 0.647. The van der Waals surface area contributed by atoms with Gasteiger partial charge in [-0.25, -0.2) is 0 Å².